The first-order valence-electron chi connectivity index (χ1n) is 15.8. The van der Waals surface area contributed by atoms with Gasteiger partial charge in [-0.25, -0.2) is 0 Å². The van der Waals surface area contributed by atoms with E-state index >= 15 is 0 Å². The fraction of sp³-hybridized carbons (Fsp3) is 0.897. The van der Waals surface area contributed by atoms with Crippen LogP contribution in [-0.2, 0) is 28.6 Å². The Balaban J connectivity index is 2.15. The van der Waals surface area contributed by atoms with E-state index in [9.17, 15) is 55.2 Å². The maximum atomic E-state index is 12.3. The number of ketones is 1. The molecule has 10 atom stereocenters. The SMILES string of the molecule is CC(=O)[C@H](CCCCNC(=O)CCCCOC1OC(CO)C(O)C(O)C1O)NC(=O)CCCCOC(O)C(O)C(O)C(O)CCO. The number of amides is 2. The first-order chi connectivity index (χ1) is 21.8. The molecule has 0 saturated carbocycles. The van der Waals surface area contributed by atoms with E-state index in [0.29, 0.717) is 51.5 Å². The van der Waals surface area contributed by atoms with Crippen LogP contribution in [0.1, 0.15) is 71.1 Å². The van der Waals surface area contributed by atoms with E-state index < -0.39 is 74.6 Å². The number of hydrogen-bond donors (Lipinski definition) is 11. The van der Waals surface area contributed by atoms with Crippen LogP contribution in [0.4, 0.5) is 0 Å². The Bertz CT molecular complexity index is 866. The summed E-state index contributed by atoms with van der Waals surface area (Å²) in [4.78, 5) is 36.4. The molecule has 46 heavy (non-hydrogen) atoms. The quantitative estimate of drug-likeness (QED) is 0.0329. The first-order valence-corrected chi connectivity index (χ1v) is 15.8. The highest BCUT2D eigenvalue weighted by atomic mass is 16.7. The van der Waals surface area contributed by atoms with Crippen molar-refractivity contribution in [2.45, 2.75) is 132 Å². The van der Waals surface area contributed by atoms with Gasteiger partial charge >= 0.3 is 0 Å². The number of carbonyl (C=O) groups excluding carboxylic acids is 3. The summed E-state index contributed by atoms with van der Waals surface area (Å²) in [6.45, 7) is 0.889. The number of hydrogen-bond acceptors (Lipinski definition) is 15. The molecule has 1 heterocycles. The summed E-state index contributed by atoms with van der Waals surface area (Å²) in [6.07, 6.45) is -10.1. The molecule has 1 aliphatic heterocycles. The van der Waals surface area contributed by atoms with E-state index in [-0.39, 0.29) is 50.1 Å². The normalized spacial score (nSPS) is 24.9. The minimum Gasteiger partial charge on any atom is -0.396 e. The molecule has 270 valence electrons. The summed E-state index contributed by atoms with van der Waals surface area (Å²) in [5.74, 6) is -0.719. The van der Waals surface area contributed by atoms with Gasteiger partial charge in [0.25, 0.3) is 0 Å². The lowest BCUT2D eigenvalue weighted by Crippen LogP contribution is -2.59. The Morgan fingerprint density at radius 2 is 1.43 bits per heavy atom. The molecule has 1 rings (SSSR count). The van der Waals surface area contributed by atoms with Crippen LogP contribution in [0.25, 0.3) is 0 Å². The zero-order valence-corrected chi connectivity index (χ0v) is 26.4. The van der Waals surface area contributed by atoms with Crippen molar-refractivity contribution in [1.29, 1.82) is 0 Å². The number of aliphatic hydroxyl groups is 9. The molecule has 2 amide bonds. The molecule has 9 unspecified atom stereocenters. The highest BCUT2D eigenvalue weighted by molar-refractivity contribution is 5.87. The van der Waals surface area contributed by atoms with E-state index in [1.807, 2.05) is 0 Å². The summed E-state index contributed by atoms with van der Waals surface area (Å²) in [5.41, 5.74) is 0. The van der Waals surface area contributed by atoms with Crippen LogP contribution in [-0.4, -0.2) is 158 Å². The monoisotopic (exact) mass is 670 g/mol. The molecule has 11 N–H and O–H groups in total. The van der Waals surface area contributed by atoms with Crippen LogP contribution in [0.5, 0.6) is 0 Å². The molecule has 0 aliphatic carbocycles. The lowest BCUT2D eigenvalue weighted by atomic mass is 9.99. The maximum absolute atomic E-state index is 12.3. The van der Waals surface area contributed by atoms with Gasteiger partial charge in [0.05, 0.1) is 18.8 Å². The molecule has 1 fully saturated rings. The molecule has 0 bridgehead atoms. The number of carbonyl (C=O) groups is 3. The van der Waals surface area contributed by atoms with E-state index in [1.54, 1.807) is 0 Å². The van der Waals surface area contributed by atoms with Gasteiger partial charge in [-0.2, -0.15) is 0 Å². The molecule has 17 heteroatoms. The third-order valence-electron chi connectivity index (χ3n) is 7.54. The first kappa shape index (κ1) is 42.2. The fourth-order valence-corrected chi connectivity index (χ4v) is 4.62. The molecule has 0 aromatic heterocycles. The zero-order chi connectivity index (χ0) is 34.6. The predicted molar refractivity (Wildman–Crippen MR) is 159 cm³/mol. The van der Waals surface area contributed by atoms with Crippen molar-refractivity contribution in [2.24, 2.45) is 0 Å². The Kier molecular flexibility index (Phi) is 21.5. The van der Waals surface area contributed by atoms with Crippen molar-refractivity contribution >= 4 is 17.6 Å². The molecule has 0 aromatic rings. The molecular formula is C29H54N2O15. The van der Waals surface area contributed by atoms with Crippen LogP contribution in [0, 0.1) is 0 Å². The number of unbranched alkanes of at least 4 members (excludes halogenated alkanes) is 3. The highest BCUT2D eigenvalue weighted by Gasteiger charge is 2.43. The van der Waals surface area contributed by atoms with Crippen LogP contribution in [0.2, 0.25) is 0 Å². The van der Waals surface area contributed by atoms with Crippen LogP contribution < -0.4 is 10.6 Å². The largest absolute Gasteiger partial charge is 0.396 e. The standard InChI is InChI=1S/C29H54N2O15/c1-17(34)18(31-22(37)10-4-6-14-44-28(43)26(41)23(38)19(35)11-13-32)8-2-5-12-30-21(36)9-3-7-15-45-29-27(42)25(40)24(39)20(16-33)46-29/h18-20,23-29,32-33,35,38-43H,2-16H2,1H3,(H,30,36)(H,31,37)/t18-,19?,20?,23?,24?,25?,26?,27?,28?,29?/m0/s1. The number of ether oxygens (including phenoxy) is 3. The van der Waals surface area contributed by atoms with Gasteiger partial charge in [0.2, 0.25) is 11.8 Å². The molecule has 0 radical (unpaired) electrons. The van der Waals surface area contributed by atoms with E-state index in [0.717, 1.165) is 0 Å². The van der Waals surface area contributed by atoms with Crippen molar-refractivity contribution < 1.29 is 74.6 Å². The zero-order valence-electron chi connectivity index (χ0n) is 26.4. The van der Waals surface area contributed by atoms with Gasteiger partial charge in [0, 0.05) is 39.2 Å². The topological polar surface area (TPSA) is 285 Å². The van der Waals surface area contributed by atoms with Gasteiger partial charge < -0.3 is 70.8 Å². The average molecular weight is 671 g/mol. The number of Topliss-reactive ketones (excluding diaryl/α,β-unsaturated/α-hetero) is 1. The van der Waals surface area contributed by atoms with Gasteiger partial charge in [-0.05, 0) is 58.3 Å². The molecule has 17 nitrogen and oxygen atoms in total. The fourth-order valence-electron chi connectivity index (χ4n) is 4.62. The second kappa shape index (κ2) is 23.5. The van der Waals surface area contributed by atoms with Gasteiger partial charge in [-0.15, -0.1) is 0 Å². The van der Waals surface area contributed by atoms with Crippen LogP contribution in [0.15, 0.2) is 0 Å². The summed E-state index contributed by atoms with van der Waals surface area (Å²) in [7, 11) is 0. The maximum Gasteiger partial charge on any atom is 0.220 e. The van der Waals surface area contributed by atoms with Crippen LogP contribution in [0.3, 0.4) is 0 Å². The third kappa shape index (κ3) is 15.8. The molecule has 1 saturated heterocycles. The predicted octanol–water partition coefficient (Wildman–Crippen LogP) is -3.70. The third-order valence-corrected chi connectivity index (χ3v) is 7.54. The second-order valence-electron chi connectivity index (χ2n) is 11.4. The van der Waals surface area contributed by atoms with Crippen LogP contribution >= 0.6 is 0 Å². The number of nitrogens with one attached hydrogen (secondary N) is 2. The van der Waals surface area contributed by atoms with Gasteiger partial charge in [0.1, 0.15) is 36.6 Å². The lowest BCUT2D eigenvalue weighted by molar-refractivity contribution is -0.301. The minimum absolute atomic E-state index is 0.0356. The van der Waals surface area contributed by atoms with Gasteiger partial charge in [-0.1, -0.05) is 0 Å². The number of rotatable bonds is 25. The minimum atomic E-state index is -1.78. The Morgan fingerprint density at radius 3 is 2.07 bits per heavy atom. The van der Waals surface area contributed by atoms with Gasteiger partial charge in [-0.3, -0.25) is 14.4 Å². The van der Waals surface area contributed by atoms with E-state index in [4.69, 9.17) is 19.3 Å². The summed E-state index contributed by atoms with van der Waals surface area (Å²) in [5, 5.41) is 91.9. The molecule has 1 aliphatic rings. The Labute approximate surface area is 268 Å². The highest BCUT2D eigenvalue weighted by Crippen LogP contribution is 2.22. The molecule has 0 aromatic carbocycles. The average Bonchev–Trinajstić information content (AvgIpc) is 3.02. The summed E-state index contributed by atoms with van der Waals surface area (Å²) >= 11 is 0. The van der Waals surface area contributed by atoms with Crippen molar-refractivity contribution in [1.82, 2.24) is 10.6 Å². The smallest absolute Gasteiger partial charge is 0.220 e. The lowest BCUT2D eigenvalue weighted by Gasteiger charge is -2.39. The van der Waals surface area contributed by atoms with E-state index in [2.05, 4.69) is 10.6 Å². The summed E-state index contributed by atoms with van der Waals surface area (Å²) < 4.78 is 15.7. The Morgan fingerprint density at radius 1 is 0.783 bits per heavy atom. The van der Waals surface area contributed by atoms with E-state index in [1.165, 1.54) is 6.92 Å². The molecule has 0 spiro atoms. The van der Waals surface area contributed by atoms with Crippen molar-refractivity contribution in [3.8, 4) is 0 Å². The summed E-state index contributed by atoms with van der Waals surface area (Å²) in [6, 6.07) is -0.674. The van der Waals surface area contributed by atoms with Gasteiger partial charge in [0.15, 0.2) is 18.4 Å². The van der Waals surface area contributed by atoms with Crippen molar-refractivity contribution in [2.75, 3.05) is 33.0 Å². The van der Waals surface area contributed by atoms with Crippen molar-refractivity contribution in [3.05, 3.63) is 0 Å². The number of aliphatic hydroxyl groups excluding tert-OH is 9. The van der Waals surface area contributed by atoms with Crippen molar-refractivity contribution in [3.63, 3.8) is 0 Å². The Hall–Kier alpha value is -1.87. The second-order valence-corrected chi connectivity index (χ2v) is 11.4. The molecular weight excluding hydrogens is 616 g/mol.